The number of carbonyl (C=O) groups is 1. The van der Waals surface area contributed by atoms with Crippen molar-refractivity contribution in [2.75, 3.05) is 0 Å². The van der Waals surface area contributed by atoms with Crippen LogP contribution in [-0.2, 0) is 0 Å². The molecule has 7 heteroatoms. The monoisotopic (exact) mass is 436 g/mol. The Morgan fingerprint density at radius 2 is 1.96 bits per heavy atom. The highest BCUT2D eigenvalue weighted by Gasteiger charge is 2.29. The molecule has 2 heterocycles. The summed E-state index contributed by atoms with van der Waals surface area (Å²) in [5.74, 6) is -0.135. The van der Waals surface area contributed by atoms with Crippen LogP contribution in [0.5, 0.6) is 0 Å². The van der Waals surface area contributed by atoms with Gasteiger partial charge in [-0.1, -0.05) is 28.9 Å². The Kier molecular flexibility index (Phi) is 3.57. The Bertz CT molecular complexity index is 907. The maximum atomic E-state index is 12.7. The van der Waals surface area contributed by atoms with Crippen LogP contribution in [0.1, 0.15) is 27.7 Å². The maximum Gasteiger partial charge on any atom is 0.254 e. The third-order valence-corrected chi connectivity index (χ3v) is 4.70. The molecule has 1 amide bonds. The molecule has 0 saturated carbocycles. The average molecular weight is 437 g/mol. The molecule has 1 atom stereocenters. The minimum Gasteiger partial charge on any atom is -0.339 e. The van der Waals surface area contributed by atoms with E-state index in [1.807, 2.05) is 30.3 Å². The molecule has 5 nitrogen and oxygen atoms in total. The fourth-order valence-electron chi connectivity index (χ4n) is 2.69. The van der Waals surface area contributed by atoms with E-state index in [4.69, 9.17) is 11.6 Å². The normalized spacial score (nSPS) is 16.3. The van der Waals surface area contributed by atoms with Gasteiger partial charge >= 0.3 is 0 Å². The Balaban J connectivity index is 1.91. The SMILES string of the molecule is O=C1NC(c2ccc(Cl)cc2)c2cnnn2-c2ccc(I)cc21. The standard InChI is InChI=1S/C16H10ClIN4O/c17-10-3-1-9(2-4-10)15-14-8-19-21-22(14)13-6-5-11(18)7-12(13)16(23)20-15/h1-8,15H,(H,20,23). The molecule has 0 fully saturated rings. The van der Waals surface area contributed by atoms with Gasteiger partial charge in [0.05, 0.1) is 29.2 Å². The number of nitrogens with zero attached hydrogens (tertiary/aromatic N) is 3. The van der Waals surface area contributed by atoms with E-state index < -0.39 is 0 Å². The van der Waals surface area contributed by atoms with Crippen LogP contribution in [0.2, 0.25) is 5.02 Å². The highest BCUT2D eigenvalue weighted by molar-refractivity contribution is 14.1. The highest BCUT2D eigenvalue weighted by Crippen LogP contribution is 2.30. The van der Waals surface area contributed by atoms with Crippen molar-refractivity contribution in [2.45, 2.75) is 6.04 Å². The van der Waals surface area contributed by atoms with Crippen molar-refractivity contribution in [2.24, 2.45) is 0 Å². The van der Waals surface area contributed by atoms with Gasteiger partial charge in [0.2, 0.25) is 0 Å². The van der Waals surface area contributed by atoms with Gasteiger partial charge in [-0.05, 0) is 58.5 Å². The Hall–Kier alpha value is -1.93. The Morgan fingerprint density at radius 3 is 2.74 bits per heavy atom. The van der Waals surface area contributed by atoms with Gasteiger partial charge in [-0.25, -0.2) is 4.68 Å². The summed E-state index contributed by atoms with van der Waals surface area (Å²) >= 11 is 8.15. The summed E-state index contributed by atoms with van der Waals surface area (Å²) in [6.07, 6.45) is 1.67. The molecule has 1 N–H and O–H groups in total. The van der Waals surface area contributed by atoms with Gasteiger partial charge in [-0.15, -0.1) is 5.10 Å². The van der Waals surface area contributed by atoms with Crippen LogP contribution in [0.3, 0.4) is 0 Å². The topological polar surface area (TPSA) is 59.8 Å². The van der Waals surface area contributed by atoms with Crippen molar-refractivity contribution >= 4 is 40.1 Å². The number of benzene rings is 2. The van der Waals surface area contributed by atoms with Crippen LogP contribution in [0, 0.1) is 3.57 Å². The van der Waals surface area contributed by atoms with Crippen molar-refractivity contribution in [3.63, 3.8) is 0 Å². The van der Waals surface area contributed by atoms with Crippen LogP contribution in [-0.4, -0.2) is 20.9 Å². The van der Waals surface area contributed by atoms with E-state index in [-0.39, 0.29) is 11.9 Å². The van der Waals surface area contributed by atoms with Crippen LogP contribution in [0.15, 0.2) is 48.7 Å². The summed E-state index contributed by atoms with van der Waals surface area (Å²) in [7, 11) is 0. The number of halogens is 2. The number of nitrogens with one attached hydrogen (secondary N) is 1. The number of hydrogen-bond donors (Lipinski definition) is 1. The Morgan fingerprint density at radius 1 is 1.17 bits per heavy atom. The minimum absolute atomic E-state index is 0.135. The maximum absolute atomic E-state index is 12.7. The van der Waals surface area contributed by atoms with Gasteiger partial charge in [-0.2, -0.15) is 0 Å². The number of amides is 1. The summed E-state index contributed by atoms with van der Waals surface area (Å²) in [5, 5.41) is 11.9. The molecule has 23 heavy (non-hydrogen) atoms. The van der Waals surface area contributed by atoms with Gasteiger partial charge in [0, 0.05) is 8.59 Å². The lowest BCUT2D eigenvalue weighted by Crippen LogP contribution is -2.28. The molecule has 0 spiro atoms. The van der Waals surface area contributed by atoms with E-state index in [0.717, 1.165) is 20.5 Å². The van der Waals surface area contributed by atoms with Gasteiger partial charge < -0.3 is 5.32 Å². The molecule has 114 valence electrons. The summed E-state index contributed by atoms with van der Waals surface area (Å²) in [6, 6.07) is 12.7. The molecule has 0 radical (unpaired) electrons. The van der Waals surface area contributed by atoms with Crippen molar-refractivity contribution in [3.05, 3.63) is 74.1 Å². The molecule has 1 unspecified atom stereocenters. The largest absolute Gasteiger partial charge is 0.339 e. The first-order valence-electron chi connectivity index (χ1n) is 6.90. The molecule has 0 bridgehead atoms. The quantitative estimate of drug-likeness (QED) is 0.595. The van der Waals surface area contributed by atoms with Gasteiger partial charge in [0.15, 0.2) is 0 Å². The van der Waals surface area contributed by atoms with E-state index in [9.17, 15) is 4.79 Å². The molecule has 4 rings (SSSR count). The first-order chi connectivity index (χ1) is 11.1. The lowest BCUT2D eigenvalue weighted by Gasteiger charge is -2.16. The van der Waals surface area contributed by atoms with Crippen molar-refractivity contribution in [1.82, 2.24) is 20.3 Å². The van der Waals surface area contributed by atoms with Crippen molar-refractivity contribution in [1.29, 1.82) is 0 Å². The summed E-state index contributed by atoms with van der Waals surface area (Å²) < 4.78 is 2.70. The summed E-state index contributed by atoms with van der Waals surface area (Å²) in [4.78, 5) is 12.7. The predicted molar refractivity (Wildman–Crippen MR) is 94.8 cm³/mol. The zero-order chi connectivity index (χ0) is 16.0. The number of aromatic nitrogens is 3. The van der Waals surface area contributed by atoms with Crippen LogP contribution < -0.4 is 5.32 Å². The van der Waals surface area contributed by atoms with E-state index in [0.29, 0.717) is 10.6 Å². The minimum atomic E-state index is -0.333. The zero-order valence-corrected chi connectivity index (χ0v) is 14.6. The van der Waals surface area contributed by atoms with Crippen LogP contribution >= 0.6 is 34.2 Å². The highest BCUT2D eigenvalue weighted by atomic mass is 127. The average Bonchev–Trinajstić information content (AvgIpc) is 2.98. The first kappa shape index (κ1) is 14.6. The summed E-state index contributed by atoms with van der Waals surface area (Å²) in [5.41, 5.74) is 3.04. The fraction of sp³-hybridized carbons (Fsp3) is 0.0625. The number of rotatable bonds is 1. The Labute approximate surface area is 150 Å². The third kappa shape index (κ3) is 2.51. The van der Waals surface area contributed by atoms with E-state index in [1.165, 1.54) is 0 Å². The number of fused-ring (bicyclic) bond motifs is 3. The van der Waals surface area contributed by atoms with Gasteiger partial charge in [0.25, 0.3) is 5.91 Å². The second-order valence-electron chi connectivity index (χ2n) is 5.19. The van der Waals surface area contributed by atoms with E-state index >= 15 is 0 Å². The number of carbonyl (C=O) groups excluding carboxylic acids is 1. The molecule has 1 aliphatic heterocycles. The van der Waals surface area contributed by atoms with Crippen LogP contribution in [0.4, 0.5) is 0 Å². The second kappa shape index (κ2) is 5.61. The molecule has 3 aromatic rings. The fourth-order valence-corrected chi connectivity index (χ4v) is 3.31. The molecule has 0 aliphatic carbocycles. The van der Waals surface area contributed by atoms with Gasteiger partial charge in [-0.3, -0.25) is 4.79 Å². The van der Waals surface area contributed by atoms with E-state index in [2.05, 4.69) is 38.2 Å². The molecule has 1 aliphatic rings. The smallest absolute Gasteiger partial charge is 0.254 e. The third-order valence-electron chi connectivity index (χ3n) is 3.78. The van der Waals surface area contributed by atoms with E-state index in [1.54, 1.807) is 23.0 Å². The molecule has 0 saturated heterocycles. The predicted octanol–water partition coefficient (Wildman–Crippen LogP) is 3.36. The zero-order valence-electron chi connectivity index (χ0n) is 11.7. The van der Waals surface area contributed by atoms with Gasteiger partial charge in [0.1, 0.15) is 0 Å². The second-order valence-corrected chi connectivity index (χ2v) is 6.87. The van der Waals surface area contributed by atoms with Crippen molar-refractivity contribution in [3.8, 4) is 5.69 Å². The lowest BCUT2D eigenvalue weighted by atomic mass is 10.0. The molecule has 2 aromatic carbocycles. The molecular formula is C16H10ClIN4O. The lowest BCUT2D eigenvalue weighted by molar-refractivity contribution is 0.0945. The summed E-state index contributed by atoms with van der Waals surface area (Å²) in [6.45, 7) is 0. The molecular weight excluding hydrogens is 427 g/mol. The first-order valence-corrected chi connectivity index (χ1v) is 8.36. The van der Waals surface area contributed by atoms with Crippen molar-refractivity contribution < 1.29 is 4.79 Å². The number of hydrogen-bond acceptors (Lipinski definition) is 3. The molecule has 1 aromatic heterocycles. The van der Waals surface area contributed by atoms with Crippen LogP contribution in [0.25, 0.3) is 5.69 Å².